The molecule has 0 aliphatic heterocycles. The molecule has 0 aliphatic rings. The van der Waals surface area contributed by atoms with Crippen LogP contribution in [-0.2, 0) is 35.3 Å². The molecule has 14 nitrogen and oxygen atoms in total. The molecule has 2 aromatic carbocycles. The van der Waals surface area contributed by atoms with Gasteiger partial charge in [0.2, 0.25) is 11.2 Å². The summed E-state index contributed by atoms with van der Waals surface area (Å²) in [6, 6.07) is 12.7. The fraction of sp³-hybridized carbons (Fsp3) is 0.393. The minimum atomic E-state index is -4.70. The Morgan fingerprint density at radius 1 is 1.07 bits per heavy atom. The van der Waals surface area contributed by atoms with Gasteiger partial charge in [-0.15, -0.1) is 5.01 Å². The van der Waals surface area contributed by atoms with Gasteiger partial charge < -0.3 is 19.5 Å². The number of hydrogen-bond donors (Lipinski definition) is 1. The fourth-order valence-corrected chi connectivity index (χ4v) is 4.94. The van der Waals surface area contributed by atoms with E-state index >= 15 is 0 Å². The van der Waals surface area contributed by atoms with Crippen LogP contribution in [0.4, 0.5) is 18.0 Å². The molecule has 1 N–H and O–H groups in total. The SMILES string of the molecule is CCOC(=O)OCON=[N+]([O-])N(C)CCCCCC(=O)NS(=O)(=O)c1ccc(-n2nc(C(F)(F)F)cc2-c2ccc(C)cc2)cc1. The second-order valence-corrected chi connectivity index (χ2v) is 11.5. The van der Waals surface area contributed by atoms with Gasteiger partial charge in [0.1, 0.15) is 0 Å². The zero-order valence-corrected chi connectivity index (χ0v) is 26.0. The number of alkyl halides is 3. The Labute approximate surface area is 262 Å². The van der Waals surface area contributed by atoms with Crippen LogP contribution in [0.3, 0.4) is 0 Å². The predicted octanol–water partition coefficient (Wildman–Crippen LogP) is 5.10. The van der Waals surface area contributed by atoms with E-state index in [0.717, 1.165) is 21.3 Å². The van der Waals surface area contributed by atoms with Crippen molar-refractivity contribution >= 4 is 22.1 Å². The highest BCUT2D eigenvalue weighted by Crippen LogP contribution is 2.33. The number of nitrogens with zero attached hydrogens (tertiary/aromatic N) is 5. The summed E-state index contributed by atoms with van der Waals surface area (Å²) in [6.07, 6.45) is -4.54. The topological polar surface area (TPSA) is 167 Å². The van der Waals surface area contributed by atoms with Crippen molar-refractivity contribution in [2.24, 2.45) is 5.28 Å². The minimum absolute atomic E-state index is 0.112. The smallest absolute Gasteiger partial charge is 0.511 e. The maximum atomic E-state index is 13.5. The largest absolute Gasteiger partial charge is 0.569 e. The summed E-state index contributed by atoms with van der Waals surface area (Å²) in [7, 11) is -2.83. The molecule has 18 heteroatoms. The third kappa shape index (κ3) is 10.4. The van der Waals surface area contributed by atoms with Gasteiger partial charge in [0.05, 0.1) is 41.4 Å². The summed E-state index contributed by atoms with van der Waals surface area (Å²) in [5.74, 6) is -0.753. The van der Waals surface area contributed by atoms with Crippen LogP contribution < -0.4 is 4.72 Å². The quantitative estimate of drug-likeness (QED) is 0.0574. The zero-order valence-electron chi connectivity index (χ0n) is 25.2. The van der Waals surface area contributed by atoms with Gasteiger partial charge in [-0.3, -0.25) is 4.79 Å². The van der Waals surface area contributed by atoms with Crippen LogP contribution >= 0.6 is 0 Å². The van der Waals surface area contributed by atoms with Crippen molar-refractivity contribution in [2.75, 3.05) is 27.0 Å². The van der Waals surface area contributed by atoms with Crippen LogP contribution in [0.5, 0.6) is 0 Å². The number of carbonyl (C=O) groups excluding carboxylic acids is 2. The number of sulfonamides is 1. The lowest BCUT2D eigenvalue weighted by molar-refractivity contribution is -0.706. The van der Waals surface area contributed by atoms with Gasteiger partial charge in [0, 0.05) is 12.0 Å². The van der Waals surface area contributed by atoms with E-state index in [1.165, 1.54) is 31.3 Å². The van der Waals surface area contributed by atoms with Crippen molar-refractivity contribution in [1.29, 1.82) is 0 Å². The molecule has 1 amide bonds. The Kier molecular flexibility index (Phi) is 12.3. The van der Waals surface area contributed by atoms with Crippen molar-refractivity contribution in [2.45, 2.75) is 50.6 Å². The second-order valence-electron chi connectivity index (χ2n) is 9.81. The van der Waals surface area contributed by atoms with Gasteiger partial charge in [-0.2, -0.15) is 18.3 Å². The van der Waals surface area contributed by atoms with Crippen molar-refractivity contribution in [3.63, 3.8) is 0 Å². The molecule has 3 rings (SSSR count). The monoisotopic (exact) mass is 670 g/mol. The van der Waals surface area contributed by atoms with E-state index < -0.39 is 40.7 Å². The molecule has 1 heterocycles. The Bertz CT molecular complexity index is 1610. The number of hydrogen-bond acceptors (Lipinski definition) is 10. The number of benzene rings is 2. The summed E-state index contributed by atoms with van der Waals surface area (Å²) in [6.45, 7) is 3.16. The van der Waals surface area contributed by atoms with E-state index in [9.17, 15) is 36.4 Å². The number of carbonyl (C=O) groups is 2. The molecule has 0 saturated heterocycles. The van der Waals surface area contributed by atoms with E-state index in [1.807, 2.05) is 11.6 Å². The van der Waals surface area contributed by atoms with E-state index in [0.29, 0.717) is 24.8 Å². The van der Waals surface area contributed by atoms with Gasteiger partial charge >= 0.3 is 12.3 Å². The van der Waals surface area contributed by atoms with Crippen molar-refractivity contribution in [3.05, 3.63) is 71.1 Å². The van der Waals surface area contributed by atoms with Crippen LogP contribution in [0.2, 0.25) is 0 Å². The highest BCUT2D eigenvalue weighted by atomic mass is 32.2. The van der Waals surface area contributed by atoms with Gasteiger partial charge in [0.25, 0.3) is 16.8 Å². The summed E-state index contributed by atoms with van der Waals surface area (Å²) in [4.78, 5) is 27.8. The van der Waals surface area contributed by atoms with E-state index in [4.69, 9.17) is 0 Å². The zero-order chi connectivity index (χ0) is 33.9. The highest BCUT2D eigenvalue weighted by Gasteiger charge is 2.35. The first kappa shape index (κ1) is 35.6. The lowest BCUT2D eigenvalue weighted by Crippen LogP contribution is -2.30. The normalized spacial score (nSPS) is 12.0. The number of halogens is 3. The van der Waals surface area contributed by atoms with Crippen molar-refractivity contribution in [1.82, 2.24) is 19.5 Å². The van der Waals surface area contributed by atoms with Crippen LogP contribution in [0.1, 0.15) is 43.9 Å². The number of nitrogens with one attached hydrogen (secondary N) is 1. The van der Waals surface area contributed by atoms with Crippen LogP contribution in [0, 0.1) is 12.1 Å². The Morgan fingerprint density at radius 3 is 2.37 bits per heavy atom. The first-order valence-electron chi connectivity index (χ1n) is 13.9. The lowest BCUT2D eigenvalue weighted by Gasteiger charge is -2.12. The fourth-order valence-electron chi connectivity index (χ4n) is 3.93. The molecular weight excluding hydrogens is 637 g/mol. The van der Waals surface area contributed by atoms with Crippen LogP contribution in [0.25, 0.3) is 16.9 Å². The number of unbranched alkanes of at least 4 members (excludes halogenated alkanes) is 2. The maximum Gasteiger partial charge on any atom is 0.511 e. The molecular formula is C28H33F3N6O8S. The Balaban J connectivity index is 1.52. The van der Waals surface area contributed by atoms with Gasteiger partial charge in [0.15, 0.2) is 5.69 Å². The molecule has 1 aromatic heterocycles. The molecule has 250 valence electrons. The number of rotatable bonds is 15. The lowest BCUT2D eigenvalue weighted by atomic mass is 10.1. The molecule has 0 saturated carbocycles. The second kappa shape index (κ2) is 15.9. The predicted molar refractivity (Wildman–Crippen MR) is 155 cm³/mol. The molecule has 0 unspecified atom stereocenters. The molecule has 0 atom stereocenters. The van der Waals surface area contributed by atoms with E-state index in [2.05, 4.69) is 24.7 Å². The van der Waals surface area contributed by atoms with Crippen molar-refractivity contribution in [3.8, 4) is 16.9 Å². The van der Waals surface area contributed by atoms with Crippen LogP contribution in [0.15, 0.2) is 64.8 Å². The third-order valence-electron chi connectivity index (χ3n) is 6.28. The van der Waals surface area contributed by atoms with Gasteiger partial charge in [-0.1, -0.05) is 36.2 Å². The summed E-state index contributed by atoms with van der Waals surface area (Å²) in [5.41, 5.74) is 0.638. The standard InChI is InChI=1S/C28H33F3N6O8S/c1-4-43-27(39)44-19-45-34-37(40)35(3)17-7-5-6-8-26(38)33-46(41,42)23-15-13-22(14-16-23)36-24(18-25(32-36)28(29,30)31)21-11-9-20(2)10-12-21/h9-16,18H,4-8,17,19H2,1-3H3,(H,33,38). The summed E-state index contributed by atoms with van der Waals surface area (Å²) < 4.78 is 78.0. The van der Waals surface area contributed by atoms with Gasteiger partial charge in [-0.05, 0) is 57.0 Å². The van der Waals surface area contributed by atoms with E-state index in [1.54, 1.807) is 31.2 Å². The minimum Gasteiger partial charge on any atom is -0.569 e. The van der Waals surface area contributed by atoms with Gasteiger partial charge in [-0.25, -0.2) is 22.6 Å². The number of hydrazine groups is 1. The molecule has 46 heavy (non-hydrogen) atoms. The Morgan fingerprint density at radius 2 is 1.74 bits per heavy atom. The summed E-state index contributed by atoms with van der Waals surface area (Å²) in [5, 5.41) is 19.9. The molecule has 0 radical (unpaired) electrons. The molecule has 0 bridgehead atoms. The number of aryl methyl sites for hydroxylation is 1. The average molecular weight is 671 g/mol. The maximum absolute atomic E-state index is 13.5. The first-order chi connectivity index (χ1) is 21.7. The Hall–Kier alpha value is -4.87. The molecule has 0 aliphatic carbocycles. The number of amides is 1. The molecule has 0 fully saturated rings. The average Bonchev–Trinajstić information content (AvgIpc) is 3.46. The first-order valence-corrected chi connectivity index (χ1v) is 15.4. The number of aromatic nitrogens is 2. The third-order valence-corrected chi connectivity index (χ3v) is 7.67. The molecule has 0 spiro atoms. The molecule has 3 aromatic rings. The summed E-state index contributed by atoms with van der Waals surface area (Å²) >= 11 is 0. The number of ether oxygens (including phenoxy) is 2. The van der Waals surface area contributed by atoms with E-state index in [-0.39, 0.29) is 40.8 Å². The van der Waals surface area contributed by atoms with Crippen LogP contribution in [-0.4, -0.2) is 67.2 Å². The highest BCUT2D eigenvalue weighted by molar-refractivity contribution is 7.90. The van der Waals surface area contributed by atoms with Crippen molar-refractivity contribution < 1.29 is 50.5 Å².